The van der Waals surface area contributed by atoms with E-state index in [1.165, 1.54) is 38.5 Å². The second kappa shape index (κ2) is 8.55. The van der Waals surface area contributed by atoms with Crippen LogP contribution in [0.25, 0.3) is 22.1 Å². The molecule has 0 N–H and O–H groups in total. The molecule has 0 amide bonds. The molecule has 0 fully saturated rings. The lowest BCUT2D eigenvalue weighted by atomic mass is 9.99. The predicted molar refractivity (Wildman–Crippen MR) is 117 cm³/mol. The van der Waals surface area contributed by atoms with E-state index in [4.69, 9.17) is 18.6 Å². The molecular formula is C25H19FO6. The van der Waals surface area contributed by atoms with Crippen LogP contribution in [0.15, 0.2) is 69.9 Å². The molecule has 4 aromatic rings. The van der Waals surface area contributed by atoms with Crippen LogP contribution in [0, 0.1) is 12.7 Å². The highest BCUT2D eigenvalue weighted by Crippen LogP contribution is 2.34. The Morgan fingerprint density at radius 3 is 2.44 bits per heavy atom. The van der Waals surface area contributed by atoms with Crippen molar-refractivity contribution in [2.45, 2.75) is 6.92 Å². The van der Waals surface area contributed by atoms with E-state index in [9.17, 15) is 14.0 Å². The Labute approximate surface area is 182 Å². The first-order valence-corrected chi connectivity index (χ1v) is 9.69. The van der Waals surface area contributed by atoms with Gasteiger partial charge in [-0.15, -0.1) is 0 Å². The molecule has 3 aromatic carbocycles. The molecule has 0 unspecified atom stereocenters. The summed E-state index contributed by atoms with van der Waals surface area (Å²) in [5.41, 5.74) is 1.51. The smallest absolute Gasteiger partial charge is 0.344 e. The Bertz CT molecular complexity index is 1390. The number of carbonyl (C=O) groups excluding carboxylic acids is 1. The average molecular weight is 434 g/mol. The number of carbonyl (C=O) groups is 1. The Kier molecular flexibility index (Phi) is 5.64. The molecule has 7 heteroatoms. The molecule has 0 atom stereocenters. The maximum Gasteiger partial charge on any atom is 0.344 e. The number of hydrogen-bond acceptors (Lipinski definition) is 6. The minimum absolute atomic E-state index is 0.0755. The SMILES string of the molecule is COc1ccc(-c2c(C)c3ccc(OC(=O)c4cccc(F)c4)cc3oc2=O)cc1OC. The van der Waals surface area contributed by atoms with Crippen molar-refractivity contribution in [3.05, 3.63) is 88.0 Å². The number of hydrogen-bond donors (Lipinski definition) is 0. The third kappa shape index (κ3) is 3.92. The predicted octanol–water partition coefficient (Wildman–Crippen LogP) is 5.14. The number of fused-ring (bicyclic) bond motifs is 1. The van der Waals surface area contributed by atoms with Crippen molar-refractivity contribution in [3.8, 4) is 28.4 Å². The van der Waals surface area contributed by atoms with Crippen LogP contribution < -0.4 is 19.8 Å². The molecule has 4 rings (SSSR count). The van der Waals surface area contributed by atoms with Gasteiger partial charge in [-0.3, -0.25) is 0 Å². The minimum atomic E-state index is -0.718. The Balaban J connectivity index is 1.72. The molecule has 0 saturated heterocycles. The zero-order chi connectivity index (χ0) is 22.8. The molecule has 162 valence electrons. The normalized spacial score (nSPS) is 10.8. The fraction of sp³-hybridized carbons (Fsp3) is 0.120. The van der Waals surface area contributed by atoms with E-state index >= 15 is 0 Å². The van der Waals surface area contributed by atoms with Gasteiger partial charge in [-0.2, -0.15) is 0 Å². The van der Waals surface area contributed by atoms with Gasteiger partial charge >= 0.3 is 11.6 Å². The second-order valence-electron chi connectivity index (χ2n) is 7.02. The Morgan fingerprint density at radius 1 is 0.938 bits per heavy atom. The summed E-state index contributed by atoms with van der Waals surface area (Å²) in [6.07, 6.45) is 0. The van der Waals surface area contributed by atoms with E-state index in [0.717, 1.165) is 6.07 Å². The molecule has 0 bridgehead atoms. The quantitative estimate of drug-likeness (QED) is 0.246. The molecule has 0 radical (unpaired) electrons. The summed E-state index contributed by atoms with van der Waals surface area (Å²) < 4.78 is 34.8. The molecule has 6 nitrogen and oxygen atoms in total. The summed E-state index contributed by atoms with van der Waals surface area (Å²) >= 11 is 0. The maximum absolute atomic E-state index is 13.4. The van der Waals surface area contributed by atoms with Gasteiger partial charge in [-0.1, -0.05) is 12.1 Å². The number of halogens is 1. The fourth-order valence-electron chi connectivity index (χ4n) is 3.51. The largest absolute Gasteiger partial charge is 0.493 e. The molecule has 0 aliphatic carbocycles. The van der Waals surface area contributed by atoms with Gasteiger partial charge in [0.15, 0.2) is 11.5 Å². The molecular weight excluding hydrogens is 415 g/mol. The Hall–Kier alpha value is -4.13. The van der Waals surface area contributed by atoms with Gasteiger partial charge in [0, 0.05) is 11.5 Å². The number of aryl methyl sites for hydroxylation is 1. The summed E-state index contributed by atoms with van der Waals surface area (Å²) in [6.45, 7) is 1.81. The van der Waals surface area contributed by atoms with Crippen LogP contribution in [0.4, 0.5) is 4.39 Å². The number of methoxy groups -OCH3 is 2. The van der Waals surface area contributed by atoms with Crippen LogP contribution in [0.1, 0.15) is 15.9 Å². The van der Waals surface area contributed by atoms with Crippen molar-refractivity contribution in [1.29, 1.82) is 0 Å². The van der Waals surface area contributed by atoms with Crippen molar-refractivity contribution in [1.82, 2.24) is 0 Å². The first-order valence-electron chi connectivity index (χ1n) is 9.69. The lowest BCUT2D eigenvalue weighted by molar-refractivity contribution is 0.0734. The third-order valence-corrected chi connectivity index (χ3v) is 5.08. The molecule has 32 heavy (non-hydrogen) atoms. The van der Waals surface area contributed by atoms with E-state index in [0.29, 0.717) is 33.6 Å². The number of benzene rings is 3. The van der Waals surface area contributed by atoms with Crippen molar-refractivity contribution in [2.24, 2.45) is 0 Å². The van der Waals surface area contributed by atoms with Crippen LogP contribution in [-0.4, -0.2) is 20.2 Å². The molecule has 0 aliphatic heterocycles. The highest BCUT2D eigenvalue weighted by atomic mass is 19.1. The fourth-order valence-corrected chi connectivity index (χ4v) is 3.51. The topological polar surface area (TPSA) is 75.0 Å². The monoisotopic (exact) mass is 434 g/mol. The van der Waals surface area contributed by atoms with E-state index in [-0.39, 0.29) is 16.9 Å². The first-order chi connectivity index (χ1) is 15.4. The zero-order valence-electron chi connectivity index (χ0n) is 17.6. The standard InChI is InChI=1S/C25H19FO6/c1-14-19-9-8-18(31-24(27)16-5-4-6-17(26)11-16)13-21(19)32-25(28)23(14)15-7-10-20(29-2)22(12-15)30-3/h4-13H,1-3H3. The maximum atomic E-state index is 13.4. The molecule has 0 spiro atoms. The van der Waals surface area contributed by atoms with Crippen LogP contribution >= 0.6 is 0 Å². The minimum Gasteiger partial charge on any atom is -0.493 e. The third-order valence-electron chi connectivity index (χ3n) is 5.08. The lowest BCUT2D eigenvalue weighted by Gasteiger charge is -2.12. The summed E-state index contributed by atoms with van der Waals surface area (Å²) in [4.78, 5) is 25.1. The van der Waals surface area contributed by atoms with Gasteiger partial charge in [0.2, 0.25) is 0 Å². The van der Waals surface area contributed by atoms with Crippen LogP contribution in [0.5, 0.6) is 17.2 Å². The Morgan fingerprint density at radius 2 is 1.72 bits per heavy atom. The summed E-state index contributed by atoms with van der Waals surface area (Å²) in [5, 5.41) is 0.680. The van der Waals surface area contributed by atoms with Gasteiger partial charge < -0.3 is 18.6 Å². The van der Waals surface area contributed by atoms with Gasteiger partial charge in [-0.25, -0.2) is 14.0 Å². The average Bonchev–Trinajstić information content (AvgIpc) is 2.78. The van der Waals surface area contributed by atoms with Crippen molar-refractivity contribution >= 4 is 16.9 Å². The molecule has 1 heterocycles. The number of ether oxygens (including phenoxy) is 3. The zero-order valence-corrected chi connectivity index (χ0v) is 17.6. The van der Waals surface area contributed by atoms with Crippen LogP contribution in [0.2, 0.25) is 0 Å². The highest BCUT2D eigenvalue weighted by Gasteiger charge is 2.17. The van der Waals surface area contributed by atoms with E-state index in [1.54, 1.807) is 30.3 Å². The van der Waals surface area contributed by atoms with Crippen LogP contribution in [-0.2, 0) is 0 Å². The molecule has 0 aliphatic rings. The van der Waals surface area contributed by atoms with Gasteiger partial charge in [0.05, 0.1) is 25.3 Å². The number of rotatable bonds is 5. The highest BCUT2D eigenvalue weighted by molar-refractivity contribution is 5.92. The van der Waals surface area contributed by atoms with E-state index in [1.807, 2.05) is 6.92 Å². The van der Waals surface area contributed by atoms with Gasteiger partial charge in [0.1, 0.15) is 17.1 Å². The van der Waals surface area contributed by atoms with E-state index in [2.05, 4.69) is 0 Å². The van der Waals surface area contributed by atoms with Crippen molar-refractivity contribution in [3.63, 3.8) is 0 Å². The van der Waals surface area contributed by atoms with E-state index < -0.39 is 17.4 Å². The van der Waals surface area contributed by atoms with Crippen molar-refractivity contribution < 1.29 is 27.8 Å². The van der Waals surface area contributed by atoms with Crippen LogP contribution in [0.3, 0.4) is 0 Å². The molecule has 0 saturated carbocycles. The van der Waals surface area contributed by atoms with Gasteiger partial charge in [-0.05, 0) is 60.5 Å². The summed E-state index contributed by atoms with van der Waals surface area (Å²) in [5.74, 6) is -0.0485. The molecule has 1 aromatic heterocycles. The van der Waals surface area contributed by atoms with Crippen molar-refractivity contribution in [2.75, 3.05) is 14.2 Å². The number of esters is 1. The van der Waals surface area contributed by atoms with Gasteiger partial charge in [0.25, 0.3) is 0 Å². The second-order valence-corrected chi connectivity index (χ2v) is 7.02. The first kappa shape index (κ1) is 21.1. The summed E-state index contributed by atoms with van der Waals surface area (Å²) in [7, 11) is 3.05. The lowest BCUT2D eigenvalue weighted by Crippen LogP contribution is -2.09. The summed E-state index contributed by atoms with van der Waals surface area (Å²) in [6, 6.07) is 15.1.